The lowest BCUT2D eigenvalue weighted by Crippen LogP contribution is -2.20. The predicted octanol–water partition coefficient (Wildman–Crippen LogP) is 3.57. The molecule has 0 fully saturated rings. The molecule has 1 unspecified atom stereocenters. The summed E-state index contributed by atoms with van der Waals surface area (Å²) >= 11 is 0. The van der Waals surface area contributed by atoms with Crippen molar-refractivity contribution in [3.63, 3.8) is 0 Å². The minimum Gasteiger partial charge on any atom is -0.298 e. The summed E-state index contributed by atoms with van der Waals surface area (Å²) < 4.78 is 1.57. The largest absolute Gasteiger partial charge is 0.298 e. The Labute approximate surface area is 166 Å². The van der Waals surface area contributed by atoms with Crippen molar-refractivity contribution in [2.75, 3.05) is 0 Å². The van der Waals surface area contributed by atoms with E-state index < -0.39 is 0 Å². The number of allylic oxidation sites excluding steroid dienone is 1. The summed E-state index contributed by atoms with van der Waals surface area (Å²) in [6.07, 6.45) is 2.50. The fourth-order valence-electron chi connectivity index (χ4n) is 4.22. The van der Waals surface area contributed by atoms with Crippen molar-refractivity contribution in [1.29, 1.82) is 0 Å². The highest BCUT2D eigenvalue weighted by Gasteiger charge is 2.30. The van der Waals surface area contributed by atoms with E-state index in [9.17, 15) is 9.59 Å². The number of hydrogen-bond acceptors (Lipinski definition) is 2. The van der Waals surface area contributed by atoms with Crippen molar-refractivity contribution in [3.8, 4) is 5.69 Å². The third-order valence-electron chi connectivity index (χ3n) is 5.55. The van der Waals surface area contributed by atoms with E-state index in [1.807, 2.05) is 73.7 Å². The second kappa shape index (κ2) is 6.67. The van der Waals surface area contributed by atoms with Crippen LogP contribution >= 0.6 is 0 Å². The smallest absolute Gasteiger partial charge is 0.279 e. The van der Waals surface area contributed by atoms with Gasteiger partial charge in [-0.2, -0.15) is 0 Å². The zero-order valence-electron chi connectivity index (χ0n) is 15.9. The second-order valence-corrected chi connectivity index (χ2v) is 7.33. The Hall–Kier alpha value is -3.80. The van der Waals surface area contributed by atoms with Gasteiger partial charge in [-0.3, -0.25) is 24.9 Å². The normalized spacial score (nSPS) is 15.8. The van der Waals surface area contributed by atoms with Crippen LogP contribution in [0.1, 0.15) is 40.4 Å². The lowest BCUT2D eigenvalue weighted by atomic mass is 9.80. The van der Waals surface area contributed by atoms with Gasteiger partial charge in [0, 0.05) is 11.6 Å². The van der Waals surface area contributed by atoms with E-state index in [0.717, 1.165) is 33.8 Å². The van der Waals surface area contributed by atoms with Gasteiger partial charge in [0.25, 0.3) is 11.1 Å². The molecule has 0 spiro atoms. The first-order valence-electron chi connectivity index (χ1n) is 9.57. The van der Waals surface area contributed by atoms with Crippen molar-refractivity contribution >= 4 is 11.6 Å². The van der Waals surface area contributed by atoms with Gasteiger partial charge in [0.2, 0.25) is 0 Å². The summed E-state index contributed by atoms with van der Waals surface area (Å²) in [4.78, 5) is 25.7. The molecule has 1 aliphatic carbocycles. The van der Waals surface area contributed by atoms with Crippen LogP contribution in [0.25, 0.3) is 17.3 Å². The summed E-state index contributed by atoms with van der Waals surface area (Å²) in [5.41, 5.74) is 5.47. The molecule has 1 atom stereocenters. The molecule has 6 nitrogen and oxygen atoms in total. The van der Waals surface area contributed by atoms with Gasteiger partial charge < -0.3 is 0 Å². The van der Waals surface area contributed by atoms with Crippen LogP contribution in [0, 0.1) is 6.92 Å². The van der Waals surface area contributed by atoms with Gasteiger partial charge in [-0.15, -0.1) is 0 Å². The molecule has 0 bridgehead atoms. The Kier molecular flexibility index (Phi) is 3.98. The lowest BCUT2D eigenvalue weighted by molar-refractivity contribution is 0.822. The minimum absolute atomic E-state index is 0.0897. The lowest BCUT2D eigenvalue weighted by Gasteiger charge is -2.22. The van der Waals surface area contributed by atoms with E-state index >= 15 is 0 Å². The maximum absolute atomic E-state index is 13.3. The summed E-state index contributed by atoms with van der Waals surface area (Å²) in [5.74, 6) is -0.111. The van der Waals surface area contributed by atoms with Crippen molar-refractivity contribution < 1.29 is 0 Å². The highest BCUT2D eigenvalue weighted by Crippen LogP contribution is 2.39. The predicted molar refractivity (Wildman–Crippen MR) is 113 cm³/mol. The summed E-state index contributed by atoms with van der Waals surface area (Å²) in [6.45, 7) is 1.91. The Bertz CT molecular complexity index is 1320. The van der Waals surface area contributed by atoms with Gasteiger partial charge in [-0.25, -0.2) is 4.68 Å². The number of hydrogen-bond donors (Lipinski definition) is 3. The van der Waals surface area contributed by atoms with Crippen LogP contribution in [0.3, 0.4) is 0 Å². The SMILES string of the molecule is Cc1[nH]n(-c2ccccc2)c(=O)c1C1=Cc2[nH][nH]c(=O)c2C(c2ccccc2)C1. The number of H-pyrrole nitrogens is 3. The van der Waals surface area contributed by atoms with Crippen LogP contribution in [0.5, 0.6) is 0 Å². The van der Waals surface area contributed by atoms with Gasteiger partial charge in [-0.05, 0) is 42.7 Å². The zero-order chi connectivity index (χ0) is 20.0. The quantitative estimate of drug-likeness (QED) is 0.504. The number of benzene rings is 2. The fourth-order valence-corrected chi connectivity index (χ4v) is 4.22. The third-order valence-corrected chi connectivity index (χ3v) is 5.55. The van der Waals surface area contributed by atoms with E-state index in [4.69, 9.17) is 0 Å². The maximum atomic E-state index is 13.3. The standard InChI is InChI=1S/C23H20N4O2/c1-14-20(23(29)27(26-14)17-10-6-3-7-11-17)16-12-18(15-8-4-2-5-9-15)21-19(13-16)24-25-22(21)28/h2-11,13,18,26H,12H2,1H3,(H2,24,25,28). The molecule has 144 valence electrons. The van der Waals surface area contributed by atoms with Gasteiger partial charge in [-0.1, -0.05) is 48.5 Å². The number of aromatic nitrogens is 4. The van der Waals surface area contributed by atoms with Crippen molar-refractivity contribution in [2.45, 2.75) is 19.3 Å². The molecule has 6 heteroatoms. The van der Waals surface area contributed by atoms with E-state index in [1.165, 1.54) is 0 Å². The van der Waals surface area contributed by atoms with Crippen molar-refractivity contribution in [2.24, 2.45) is 0 Å². The molecule has 2 heterocycles. The zero-order valence-corrected chi connectivity index (χ0v) is 15.9. The highest BCUT2D eigenvalue weighted by molar-refractivity contribution is 5.85. The molecular formula is C23H20N4O2. The van der Waals surface area contributed by atoms with Crippen molar-refractivity contribution in [3.05, 3.63) is 109 Å². The van der Waals surface area contributed by atoms with E-state index in [0.29, 0.717) is 12.0 Å². The van der Waals surface area contributed by atoms with E-state index in [2.05, 4.69) is 15.3 Å². The number of nitrogens with zero attached hydrogens (tertiary/aromatic N) is 1. The Morgan fingerprint density at radius 3 is 2.34 bits per heavy atom. The first-order chi connectivity index (χ1) is 14.1. The summed E-state index contributed by atoms with van der Waals surface area (Å²) in [7, 11) is 0. The van der Waals surface area contributed by atoms with E-state index in [-0.39, 0.29) is 17.0 Å². The highest BCUT2D eigenvalue weighted by atomic mass is 16.1. The minimum atomic E-state index is -0.114. The molecule has 4 aromatic rings. The molecule has 3 N–H and O–H groups in total. The molecule has 0 amide bonds. The second-order valence-electron chi connectivity index (χ2n) is 7.33. The molecule has 2 aromatic carbocycles. The average molecular weight is 384 g/mol. The Morgan fingerprint density at radius 1 is 0.931 bits per heavy atom. The number of aryl methyl sites for hydroxylation is 1. The molecule has 0 radical (unpaired) electrons. The third kappa shape index (κ3) is 2.81. The molecular weight excluding hydrogens is 364 g/mol. The van der Waals surface area contributed by atoms with Crippen molar-refractivity contribution in [1.82, 2.24) is 20.0 Å². The topological polar surface area (TPSA) is 86.4 Å². The van der Waals surface area contributed by atoms with Crippen LogP contribution < -0.4 is 11.1 Å². The van der Waals surface area contributed by atoms with Gasteiger partial charge >= 0.3 is 0 Å². The molecule has 2 aromatic heterocycles. The number of nitrogens with one attached hydrogen (secondary N) is 3. The monoisotopic (exact) mass is 384 g/mol. The number of fused-ring (bicyclic) bond motifs is 1. The molecule has 0 saturated heterocycles. The molecule has 0 saturated carbocycles. The summed E-state index contributed by atoms with van der Waals surface area (Å²) in [6, 6.07) is 19.5. The summed E-state index contributed by atoms with van der Waals surface area (Å²) in [5, 5.41) is 8.86. The number of aromatic amines is 3. The van der Waals surface area contributed by atoms with Crippen LogP contribution in [-0.2, 0) is 0 Å². The van der Waals surface area contributed by atoms with Crippen LogP contribution in [0.2, 0.25) is 0 Å². The van der Waals surface area contributed by atoms with Gasteiger partial charge in [0.05, 0.1) is 22.5 Å². The van der Waals surface area contributed by atoms with Crippen LogP contribution in [0.4, 0.5) is 0 Å². The molecule has 5 rings (SSSR count). The molecule has 29 heavy (non-hydrogen) atoms. The first-order valence-corrected chi connectivity index (χ1v) is 9.57. The van der Waals surface area contributed by atoms with Gasteiger partial charge in [0.1, 0.15) is 0 Å². The number of para-hydroxylation sites is 1. The molecule has 1 aliphatic rings. The van der Waals surface area contributed by atoms with Gasteiger partial charge in [0.15, 0.2) is 0 Å². The number of rotatable bonds is 3. The van der Waals surface area contributed by atoms with Crippen LogP contribution in [0.15, 0.2) is 70.3 Å². The first kappa shape index (κ1) is 17.3. The molecule has 0 aliphatic heterocycles. The van der Waals surface area contributed by atoms with E-state index in [1.54, 1.807) is 4.68 Å². The van der Waals surface area contributed by atoms with Crippen LogP contribution in [-0.4, -0.2) is 20.0 Å². The fraction of sp³-hybridized carbons (Fsp3) is 0.130. The Morgan fingerprint density at radius 2 is 1.62 bits per heavy atom. The average Bonchev–Trinajstić information content (AvgIpc) is 3.27. The maximum Gasteiger partial charge on any atom is 0.279 e. The Balaban J connectivity index is 1.67.